The van der Waals surface area contributed by atoms with Crippen LogP contribution in [0.4, 0.5) is 5.69 Å². The highest BCUT2D eigenvalue weighted by Crippen LogP contribution is 2.26. The van der Waals surface area contributed by atoms with Crippen LogP contribution >= 0.6 is 0 Å². The van der Waals surface area contributed by atoms with Gasteiger partial charge in [-0.1, -0.05) is 25.3 Å². The fourth-order valence-electron chi connectivity index (χ4n) is 2.99. The van der Waals surface area contributed by atoms with E-state index in [1.807, 2.05) is 38.5 Å². The predicted molar refractivity (Wildman–Crippen MR) is 104 cm³/mol. The molecule has 2 heterocycles. The van der Waals surface area contributed by atoms with Gasteiger partial charge in [-0.2, -0.15) is 5.10 Å². The molecule has 0 spiro atoms. The van der Waals surface area contributed by atoms with E-state index >= 15 is 0 Å². The second kappa shape index (κ2) is 6.89. The van der Waals surface area contributed by atoms with Crippen molar-refractivity contribution in [1.29, 1.82) is 0 Å². The highest BCUT2D eigenvalue weighted by Gasteiger charge is 2.19. The number of anilines is 1. The number of allylic oxidation sites excluding steroid dienone is 1. The van der Waals surface area contributed by atoms with Crippen LogP contribution in [0.1, 0.15) is 13.3 Å². The van der Waals surface area contributed by atoms with Gasteiger partial charge in [-0.25, -0.2) is 0 Å². The number of aryl methyl sites for hydroxylation is 1. The number of nitrogens with zero attached hydrogens (tertiary/aromatic N) is 3. The average molecular weight is 335 g/mol. The van der Waals surface area contributed by atoms with Gasteiger partial charge < -0.3 is 16.0 Å². The van der Waals surface area contributed by atoms with Crippen molar-refractivity contribution in [3.05, 3.63) is 72.5 Å². The van der Waals surface area contributed by atoms with Crippen LogP contribution in [0.15, 0.2) is 72.5 Å². The molecule has 0 saturated heterocycles. The Hall–Kier alpha value is -2.95. The summed E-state index contributed by atoms with van der Waals surface area (Å²) >= 11 is 0. The molecule has 0 unspecified atom stereocenters. The Morgan fingerprint density at radius 3 is 2.76 bits per heavy atom. The molecular weight excluding hydrogens is 310 g/mol. The van der Waals surface area contributed by atoms with E-state index < -0.39 is 0 Å². The Labute approximate surface area is 149 Å². The van der Waals surface area contributed by atoms with Crippen molar-refractivity contribution in [2.45, 2.75) is 13.3 Å². The lowest BCUT2D eigenvalue weighted by atomic mass is 10.0. The van der Waals surface area contributed by atoms with Crippen LogP contribution in [-0.4, -0.2) is 27.8 Å². The molecule has 2 aromatic rings. The summed E-state index contributed by atoms with van der Waals surface area (Å²) in [5, 5.41) is 7.64. The van der Waals surface area contributed by atoms with Gasteiger partial charge in [0, 0.05) is 66.7 Å². The Bertz CT molecular complexity index is 843. The largest absolute Gasteiger partial charge is 0.402 e. The molecule has 1 aromatic carbocycles. The maximum absolute atomic E-state index is 6.23. The predicted octanol–water partition coefficient (Wildman–Crippen LogP) is 3.46. The monoisotopic (exact) mass is 335 g/mol. The van der Waals surface area contributed by atoms with Crippen LogP contribution < -0.4 is 11.1 Å². The molecule has 0 fully saturated rings. The van der Waals surface area contributed by atoms with Crippen LogP contribution in [0.3, 0.4) is 0 Å². The van der Waals surface area contributed by atoms with Crippen LogP contribution in [0.25, 0.3) is 11.1 Å². The van der Waals surface area contributed by atoms with E-state index in [-0.39, 0.29) is 0 Å². The zero-order valence-electron chi connectivity index (χ0n) is 14.9. The van der Waals surface area contributed by atoms with E-state index in [1.165, 1.54) is 0 Å². The number of hydrogen-bond acceptors (Lipinski definition) is 4. The number of benzene rings is 1. The molecule has 0 aliphatic carbocycles. The van der Waals surface area contributed by atoms with Gasteiger partial charge in [-0.05, 0) is 24.6 Å². The summed E-state index contributed by atoms with van der Waals surface area (Å²) in [5.41, 5.74) is 13.3. The fraction of sp³-hybridized carbons (Fsp3) is 0.250. The van der Waals surface area contributed by atoms with Crippen molar-refractivity contribution >= 4 is 5.69 Å². The summed E-state index contributed by atoms with van der Waals surface area (Å²) < 4.78 is 1.80. The quantitative estimate of drug-likeness (QED) is 0.878. The SMILES string of the molecule is C=C(Nc1cccc(-c2cnn(C)c2)c1)C1=C(N)CCN(C(=C)C)C1. The minimum Gasteiger partial charge on any atom is -0.402 e. The minimum atomic E-state index is 0.745. The van der Waals surface area contributed by atoms with Gasteiger partial charge >= 0.3 is 0 Å². The van der Waals surface area contributed by atoms with Crippen molar-refractivity contribution in [1.82, 2.24) is 14.7 Å². The third kappa shape index (κ3) is 3.76. The Morgan fingerprint density at radius 2 is 2.08 bits per heavy atom. The number of rotatable bonds is 5. The van der Waals surface area contributed by atoms with Crippen molar-refractivity contribution in [2.75, 3.05) is 18.4 Å². The van der Waals surface area contributed by atoms with Gasteiger partial charge in [0.2, 0.25) is 0 Å². The van der Waals surface area contributed by atoms with Crippen LogP contribution in [-0.2, 0) is 7.05 Å². The summed E-state index contributed by atoms with van der Waals surface area (Å²) in [4.78, 5) is 2.23. The highest BCUT2D eigenvalue weighted by molar-refractivity contribution is 5.68. The maximum atomic E-state index is 6.23. The van der Waals surface area contributed by atoms with Gasteiger partial charge in [0.15, 0.2) is 0 Å². The lowest BCUT2D eigenvalue weighted by Crippen LogP contribution is -2.33. The smallest absolute Gasteiger partial charge is 0.0568 e. The first-order chi connectivity index (χ1) is 11.9. The van der Waals surface area contributed by atoms with Gasteiger partial charge in [0.1, 0.15) is 0 Å². The lowest BCUT2D eigenvalue weighted by molar-refractivity contribution is 0.360. The minimum absolute atomic E-state index is 0.745. The summed E-state index contributed by atoms with van der Waals surface area (Å²) in [6.45, 7) is 11.9. The zero-order valence-corrected chi connectivity index (χ0v) is 14.9. The van der Waals surface area contributed by atoms with Crippen molar-refractivity contribution < 1.29 is 0 Å². The van der Waals surface area contributed by atoms with E-state index in [2.05, 4.69) is 40.6 Å². The van der Waals surface area contributed by atoms with E-state index in [0.29, 0.717) is 0 Å². The molecule has 0 radical (unpaired) electrons. The Morgan fingerprint density at radius 1 is 1.28 bits per heavy atom. The summed E-state index contributed by atoms with van der Waals surface area (Å²) in [5.74, 6) is 0. The zero-order chi connectivity index (χ0) is 18.0. The molecule has 3 N–H and O–H groups in total. The van der Waals surface area contributed by atoms with Crippen LogP contribution in [0.2, 0.25) is 0 Å². The number of nitrogens with one attached hydrogen (secondary N) is 1. The maximum Gasteiger partial charge on any atom is 0.0568 e. The van der Waals surface area contributed by atoms with E-state index in [0.717, 1.165) is 59.0 Å². The van der Waals surface area contributed by atoms with Gasteiger partial charge in [0.25, 0.3) is 0 Å². The highest BCUT2D eigenvalue weighted by atomic mass is 15.2. The average Bonchev–Trinajstić information content (AvgIpc) is 3.01. The van der Waals surface area contributed by atoms with Gasteiger partial charge in [-0.15, -0.1) is 0 Å². The molecule has 0 atom stereocenters. The second-order valence-corrected chi connectivity index (χ2v) is 6.50. The van der Waals surface area contributed by atoms with E-state index in [4.69, 9.17) is 5.73 Å². The molecule has 0 saturated carbocycles. The standard InChI is InChI=1S/C20H25N5/c1-14(2)25-9-8-20(21)19(13-25)15(3)23-18-7-5-6-16(10-18)17-11-22-24(4)12-17/h5-7,10-12,23H,1,3,8-9,13,21H2,2,4H3. The normalized spacial score (nSPS) is 14.6. The first-order valence-electron chi connectivity index (χ1n) is 8.37. The topological polar surface area (TPSA) is 59.1 Å². The Kier molecular flexibility index (Phi) is 4.65. The summed E-state index contributed by atoms with van der Waals surface area (Å²) in [6, 6.07) is 8.22. The number of hydrogen-bond donors (Lipinski definition) is 2. The molecule has 1 aliphatic heterocycles. The second-order valence-electron chi connectivity index (χ2n) is 6.50. The molecule has 1 aliphatic rings. The third-order valence-corrected chi connectivity index (χ3v) is 4.49. The molecule has 3 rings (SSSR count). The first-order valence-corrected chi connectivity index (χ1v) is 8.37. The molecular formula is C20H25N5. The number of nitrogens with two attached hydrogens (primary N) is 1. The number of aromatic nitrogens is 2. The van der Waals surface area contributed by atoms with Crippen molar-refractivity contribution in [2.24, 2.45) is 12.8 Å². The van der Waals surface area contributed by atoms with Crippen molar-refractivity contribution in [3.63, 3.8) is 0 Å². The molecule has 0 bridgehead atoms. The summed E-state index contributed by atoms with van der Waals surface area (Å²) in [6.07, 6.45) is 4.69. The van der Waals surface area contributed by atoms with E-state index in [1.54, 1.807) is 4.68 Å². The first kappa shape index (κ1) is 16.9. The van der Waals surface area contributed by atoms with Gasteiger partial charge in [0.05, 0.1) is 6.20 Å². The molecule has 1 aromatic heterocycles. The summed E-state index contributed by atoms with van der Waals surface area (Å²) in [7, 11) is 1.92. The molecule has 25 heavy (non-hydrogen) atoms. The van der Waals surface area contributed by atoms with Crippen molar-refractivity contribution in [3.8, 4) is 11.1 Å². The molecule has 130 valence electrons. The van der Waals surface area contributed by atoms with Gasteiger partial charge in [-0.3, -0.25) is 4.68 Å². The molecule has 5 heteroatoms. The molecule has 5 nitrogen and oxygen atoms in total. The Balaban J connectivity index is 1.78. The molecule has 0 amide bonds. The lowest BCUT2D eigenvalue weighted by Gasteiger charge is -2.32. The van der Waals surface area contributed by atoms with Crippen LogP contribution in [0, 0.1) is 0 Å². The van der Waals surface area contributed by atoms with E-state index in [9.17, 15) is 0 Å². The van der Waals surface area contributed by atoms with Crippen LogP contribution in [0.5, 0.6) is 0 Å². The third-order valence-electron chi connectivity index (χ3n) is 4.49. The fourth-order valence-corrected chi connectivity index (χ4v) is 2.99.